The minimum absolute atomic E-state index is 0.192. The van der Waals surface area contributed by atoms with E-state index in [9.17, 15) is 13.2 Å². The minimum Gasteiger partial charge on any atom is -0.464 e. The second-order valence-electron chi connectivity index (χ2n) is 9.71. The van der Waals surface area contributed by atoms with Crippen LogP contribution in [0.3, 0.4) is 0 Å². The molecule has 4 N–H and O–H groups in total. The molecule has 4 heterocycles. The zero-order valence-electron chi connectivity index (χ0n) is 22.6. The van der Waals surface area contributed by atoms with Gasteiger partial charge in [-0.2, -0.15) is 13.2 Å². The number of nitrogens with two attached hydrogens (primary N) is 2. The summed E-state index contributed by atoms with van der Waals surface area (Å²) in [7, 11) is 0. The molecule has 6 aromatic rings. The summed E-state index contributed by atoms with van der Waals surface area (Å²) in [6.45, 7) is 3.18. The molecule has 0 fully saturated rings. The first-order chi connectivity index (χ1) is 20.0. The molecule has 0 aliphatic carbocycles. The Morgan fingerprint density at radius 3 is 2.64 bits per heavy atom. The average Bonchev–Trinajstić information content (AvgIpc) is 3.56. The molecule has 216 valence electrons. The van der Waals surface area contributed by atoms with Crippen LogP contribution in [0.2, 0.25) is 5.02 Å². The molecule has 0 saturated carbocycles. The first-order valence-corrected chi connectivity index (χ1v) is 14.9. The smallest absolute Gasteiger partial charge is 0.395 e. The van der Waals surface area contributed by atoms with Crippen molar-refractivity contribution in [1.29, 1.82) is 0 Å². The van der Waals surface area contributed by atoms with Crippen LogP contribution in [-0.2, 0) is 6.42 Å². The van der Waals surface area contributed by atoms with Gasteiger partial charge in [-0.15, -0.1) is 11.3 Å². The lowest BCUT2D eigenvalue weighted by Crippen LogP contribution is -2.17. The number of alkyl halides is 3. The van der Waals surface area contributed by atoms with Crippen LogP contribution in [0.15, 0.2) is 88.5 Å². The summed E-state index contributed by atoms with van der Waals surface area (Å²) in [6.07, 6.45) is -0.599. The van der Waals surface area contributed by atoms with Crippen molar-refractivity contribution in [1.82, 2.24) is 9.97 Å². The third-order valence-corrected chi connectivity index (χ3v) is 8.86. The van der Waals surface area contributed by atoms with Gasteiger partial charge in [0, 0.05) is 38.0 Å². The Kier molecular flexibility index (Phi) is 8.79. The molecule has 2 aromatic carbocycles. The van der Waals surface area contributed by atoms with E-state index in [0.29, 0.717) is 28.6 Å². The van der Waals surface area contributed by atoms with E-state index < -0.39 is 12.1 Å². The molecule has 0 spiro atoms. The van der Waals surface area contributed by atoms with Crippen molar-refractivity contribution in [2.45, 2.75) is 37.3 Å². The molecule has 5 nitrogen and oxygen atoms in total. The number of fused-ring (bicyclic) bond motifs is 2. The monoisotopic (exact) mass is 626 g/mol. The van der Waals surface area contributed by atoms with Gasteiger partial charge in [-0.1, -0.05) is 29.8 Å². The Balaban J connectivity index is 0.000000244. The topological polar surface area (TPSA) is 91.0 Å². The highest BCUT2D eigenvalue weighted by molar-refractivity contribution is 7.97. The van der Waals surface area contributed by atoms with E-state index in [-0.39, 0.29) is 5.56 Å². The van der Waals surface area contributed by atoms with Gasteiger partial charge in [-0.25, -0.2) is 4.98 Å². The zero-order chi connectivity index (χ0) is 30.0. The second-order valence-corrected chi connectivity index (χ2v) is 12.0. The molecule has 0 aliphatic rings. The predicted octanol–water partition coefficient (Wildman–Crippen LogP) is 9.56. The average molecular weight is 627 g/mol. The SMILES string of the molecule is C[C@H](c1ccnc(-c2cccc3cc(Cc4nc(N)ccc4Cl)sc23)c1)C(F)(F)F.Cc1coc2ccc(SN)cc12. The molecule has 0 amide bonds. The van der Waals surface area contributed by atoms with Crippen molar-refractivity contribution < 1.29 is 17.6 Å². The van der Waals surface area contributed by atoms with E-state index in [0.717, 1.165) is 48.9 Å². The lowest BCUT2D eigenvalue weighted by Gasteiger charge is -2.16. The van der Waals surface area contributed by atoms with Gasteiger partial charge in [0.2, 0.25) is 0 Å². The number of halogens is 4. The standard InChI is InChI=1S/C22H17ClF3N3S.C9H9NOS/c1-12(22(24,25)26)13-7-8-28-18(10-13)16-4-2-3-14-9-15(30-21(14)16)11-19-17(23)5-6-20(27)29-19;1-6-5-11-9-3-2-7(12-10)4-8(6)9/h2-10,12H,11H2,1H3,(H2,27,29);2-5H,10H2,1H3/t12-;/m1./s1. The van der Waals surface area contributed by atoms with Crippen LogP contribution in [0.25, 0.3) is 32.3 Å². The Morgan fingerprint density at radius 1 is 1.07 bits per heavy atom. The van der Waals surface area contributed by atoms with Crippen molar-refractivity contribution in [3.8, 4) is 11.3 Å². The van der Waals surface area contributed by atoms with E-state index in [1.54, 1.807) is 29.7 Å². The van der Waals surface area contributed by atoms with Gasteiger partial charge in [0.15, 0.2) is 0 Å². The summed E-state index contributed by atoms with van der Waals surface area (Å²) in [4.78, 5) is 10.7. The quantitative estimate of drug-likeness (QED) is 0.185. The third kappa shape index (κ3) is 6.57. The summed E-state index contributed by atoms with van der Waals surface area (Å²) in [6, 6.07) is 20.0. The largest absolute Gasteiger partial charge is 0.464 e. The number of nitrogen functional groups attached to an aromatic ring is 1. The molecule has 0 unspecified atom stereocenters. The number of aromatic nitrogens is 2. The van der Waals surface area contributed by atoms with Crippen LogP contribution in [0, 0.1) is 6.92 Å². The summed E-state index contributed by atoms with van der Waals surface area (Å²) >= 11 is 9.04. The Bertz CT molecular complexity index is 1870. The molecular weight excluding hydrogens is 601 g/mol. The maximum absolute atomic E-state index is 13.1. The maximum atomic E-state index is 13.1. The first kappa shape index (κ1) is 29.9. The molecule has 0 radical (unpaired) electrons. The number of thiophene rings is 1. The van der Waals surface area contributed by atoms with E-state index in [4.69, 9.17) is 26.9 Å². The summed E-state index contributed by atoms with van der Waals surface area (Å²) in [5.41, 5.74) is 10.0. The van der Waals surface area contributed by atoms with Crippen LogP contribution < -0.4 is 10.9 Å². The molecule has 4 aromatic heterocycles. The van der Waals surface area contributed by atoms with Gasteiger partial charge in [0.1, 0.15) is 11.4 Å². The fraction of sp³-hybridized carbons (Fsp3) is 0.161. The summed E-state index contributed by atoms with van der Waals surface area (Å²) < 4.78 is 45.7. The molecule has 6 rings (SSSR count). The highest BCUT2D eigenvalue weighted by atomic mass is 35.5. The fourth-order valence-corrected chi connectivity index (χ4v) is 6.15. The van der Waals surface area contributed by atoms with Gasteiger partial charge in [-0.05, 0) is 90.8 Å². The van der Waals surface area contributed by atoms with Gasteiger partial charge in [0.25, 0.3) is 0 Å². The number of benzene rings is 2. The van der Waals surface area contributed by atoms with Crippen LogP contribution in [0.1, 0.15) is 34.5 Å². The van der Waals surface area contributed by atoms with Crippen molar-refractivity contribution in [3.05, 3.63) is 106 Å². The van der Waals surface area contributed by atoms with Gasteiger partial charge >= 0.3 is 6.18 Å². The number of furan rings is 1. The highest BCUT2D eigenvalue weighted by Crippen LogP contribution is 2.38. The maximum Gasteiger partial charge on any atom is 0.395 e. The van der Waals surface area contributed by atoms with Crippen molar-refractivity contribution in [2.75, 3.05) is 5.73 Å². The van der Waals surface area contributed by atoms with Crippen molar-refractivity contribution in [3.63, 3.8) is 0 Å². The molecular formula is C31H26ClF3N4OS2. The lowest BCUT2D eigenvalue weighted by atomic mass is 9.99. The second kappa shape index (κ2) is 12.3. The Labute approximate surface area is 253 Å². The van der Waals surface area contributed by atoms with Crippen LogP contribution >= 0.6 is 34.9 Å². The first-order valence-electron chi connectivity index (χ1n) is 12.8. The molecule has 0 bridgehead atoms. The lowest BCUT2D eigenvalue weighted by molar-refractivity contribution is -0.146. The molecule has 42 heavy (non-hydrogen) atoms. The molecule has 0 aliphatic heterocycles. The minimum atomic E-state index is -4.30. The number of aryl methyl sites for hydroxylation is 1. The number of rotatable bonds is 5. The van der Waals surface area contributed by atoms with E-state index >= 15 is 0 Å². The van der Waals surface area contributed by atoms with Gasteiger partial charge in [-0.3, -0.25) is 10.1 Å². The summed E-state index contributed by atoms with van der Waals surface area (Å²) in [5, 5.41) is 8.12. The normalized spacial score (nSPS) is 12.4. The summed E-state index contributed by atoms with van der Waals surface area (Å²) in [5.74, 6) is -1.16. The molecule has 11 heteroatoms. The number of pyridine rings is 2. The van der Waals surface area contributed by atoms with E-state index in [1.807, 2.05) is 49.4 Å². The van der Waals surface area contributed by atoms with Crippen LogP contribution in [0.5, 0.6) is 0 Å². The van der Waals surface area contributed by atoms with E-state index in [1.165, 1.54) is 30.3 Å². The van der Waals surface area contributed by atoms with Gasteiger partial charge in [0.05, 0.1) is 28.6 Å². The fourth-order valence-electron chi connectivity index (χ4n) is 4.46. The molecule has 1 atom stereocenters. The van der Waals surface area contributed by atoms with Crippen molar-refractivity contribution >= 4 is 61.8 Å². The number of nitrogens with zero attached hydrogens (tertiary/aromatic N) is 2. The number of hydrogen-bond donors (Lipinski definition) is 2. The highest BCUT2D eigenvalue weighted by Gasteiger charge is 2.37. The number of anilines is 1. The van der Waals surface area contributed by atoms with Crippen molar-refractivity contribution in [2.24, 2.45) is 5.14 Å². The Hall–Kier alpha value is -3.57. The number of hydrogen-bond acceptors (Lipinski definition) is 7. The van der Waals surface area contributed by atoms with Crippen LogP contribution in [-0.4, -0.2) is 16.1 Å². The Morgan fingerprint density at radius 2 is 1.88 bits per heavy atom. The zero-order valence-corrected chi connectivity index (χ0v) is 25.0. The van der Waals surface area contributed by atoms with E-state index in [2.05, 4.69) is 9.97 Å². The predicted molar refractivity (Wildman–Crippen MR) is 167 cm³/mol. The molecule has 0 saturated heterocycles. The van der Waals surface area contributed by atoms with Gasteiger partial charge < -0.3 is 10.2 Å². The third-order valence-electron chi connectivity index (χ3n) is 6.80. The van der Waals surface area contributed by atoms with Crippen LogP contribution in [0.4, 0.5) is 19.0 Å².